The SMILES string of the molecule is COc1cc(F)ccc1C(C)(C)CC(N)(Cc1cc(C)cc(C)n1)C(F)(F)F. The summed E-state index contributed by atoms with van der Waals surface area (Å²) in [6.45, 7) is 6.82. The number of nitrogens with two attached hydrogens (primary N) is 1. The van der Waals surface area contributed by atoms with E-state index in [9.17, 15) is 17.6 Å². The predicted molar refractivity (Wildman–Crippen MR) is 101 cm³/mol. The molecule has 0 bridgehead atoms. The van der Waals surface area contributed by atoms with E-state index >= 15 is 0 Å². The molecule has 0 radical (unpaired) electrons. The summed E-state index contributed by atoms with van der Waals surface area (Å²) in [6, 6.07) is 7.22. The maximum Gasteiger partial charge on any atom is 0.406 e. The van der Waals surface area contributed by atoms with Crippen LogP contribution in [0, 0.1) is 19.7 Å². The lowest BCUT2D eigenvalue weighted by atomic mass is 9.72. The quantitative estimate of drug-likeness (QED) is 0.696. The number of ether oxygens (including phenoxy) is 1. The minimum Gasteiger partial charge on any atom is -0.496 e. The van der Waals surface area contributed by atoms with Crippen molar-refractivity contribution in [2.75, 3.05) is 7.11 Å². The molecule has 1 heterocycles. The summed E-state index contributed by atoms with van der Waals surface area (Å²) in [5.41, 5.74) is 4.65. The second kappa shape index (κ2) is 7.70. The Morgan fingerprint density at radius 2 is 1.71 bits per heavy atom. The van der Waals surface area contributed by atoms with E-state index in [4.69, 9.17) is 10.5 Å². The Balaban J connectivity index is 2.46. The van der Waals surface area contributed by atoms with Crippen molar-refractivity contribution in [2.24, 2.45) is 5.73 Å². The number of alkyl halides is 3. The van der Waals surface area contributed by atoms with Crippen LogP contribution in [0.15, 0.2) is 30.3 Å². The molecule has 2 N–H and O–H groups in total. The molecule has 3 nitrogen and oxygen atoms in total. The van der Waals surface area contributed by atoms with Crippen LogP contribution in [0.25, 0.3) is 0 Å². The van der Waals surface area contributed by atoms with Crippen molar-refractivity contribution in [3.8, 4) is 5.75 Å². The van der Waals surface area contributed by atoms with E-state index in [1.807, 2.05) is 0 Å². The van der Waals surface area contributed by atoms with Crippen LogP contribution in [0.5, 0.6) is 5.75 Å². The Bertz CT molecular complexity index is 829. The van der Waals surface area contributed by atoms with Gasteiger partial charge in [0.25, 0.3) is 0 Å². The summed E-state index contributed by atoms with van der Waals surface area (Å²) >= 11 is 0. The zero-order valence-corrected chi connectivity index (χ0v) is 16.7. The van der Waals surface area contributed by atoms with E-state index in [1.54, 1.807) is 39.8 Å². The highest BCUT2D eigenvalue weighted by Crippen LogP contribution is 2.43. The number of benzene rings is 1. The largest absolute Gasteiger partial charge is 0.496 e. The van der Waals surface area contributed by atoms with E-state index in [1.165, 1.54) is 19.2 Å². The van der Waals surface area contributed by atoms with E-state index in [-0.39, 0.29) is 5.75 Å². The maximum absolute atomic E-state index is 14.0. The van der Waals surface area contributed by atoms with Gasteiger partial charge in [0, 0.05) is 29.4 Å². The average molecular weight is 398 g/mol. The Morgan fingerprint density at radius 1 is 1.07 bits per heavy atom. The third kappa shape index (κ3) is 4.82. The minimum atomic E-state index is -4.66. The van der Waals surface area contributed by atoms with Gasteiger partial charge < -0.3 is 10.5 Å². The molecule has 154 valence electrons. The predicted octanol–water partition coefficient (Wildman–Crippen LogP) is 5.02. The molecule has 28 heavy (non-hydrogen) atoms. The molecule has 1 aromatic heterocycles. The molecule has 0 saturated heterocycles. The van der Waals surface area contributed by atoms with Crippen molar-refractivity contribution in [3.63, 3.8) is 0 Å². The molecule has 0 saturated carbocycles. The van der Waals surface area contributed by atoms with Gasteiger partial charge in [0.15, 0.2) is 0 Å². The van der Waals surface area contributed by atoms with Gasteiger partial charge in [-0.1, -0.05) is 19.9 Å². The van der Waals surface area contributed by atoms with Gasteiger partial charge in [0.05, 0.1) is 7.11 Å². The smallest absolute Gasteiger partial charge is 0.406 e. The maximum atomic E-state index is 14.0. The molecule has 0 amide bonds. The first-order chi connectivity index (χ1) is 12.8. The lowest BCUT2D eigenvalue weighted by molar-refractivity contribution is -0.191. The van der Waals surface area contributed by atoms with Crippen LogP contribution in [0.3, 0.4) is 0 Å². The van der Waals surface area contributed by atoms with Gasteiger partial charge in [-0.2, -0.15) is 13.2 Å². The molecule has 2 aromatic rings. The molecule has 2 rings (SSSR count). The van der Waals surface area contributed by atoms with Crippen LogP contribution in [0.4, 0.5) is 17.6 Å². The van der Waals surface area contributed by atoms with Crippen molar-refractivity contribution >= 4 is 0 Å². The van der Waals surface area contributed by atoms with Crippen molar-refractivity contribution < 1.29 is 22.3 Å². The standard InChI is InChI=1S/C21H26F4N2O/c1-13-8-14(2)27-16(9-13)11-20(26,21(23,24)25)12-19(3,4)17-7-6-15(22)10-18(17)28-5/h6-10H,11-12,26H2,1-5H3. The highest BCUT2D eigenvalue weighted by Gasteiger charge is 2.54. The van der Waals surface area contributed by atoms with E-state index in [0.29, 0.717) is 17.0 Å². The average Bonchev–Trinajstić information content (AvgIpc) is 2.51. The number of rotatable bonds is 6. The third-order valence-electron chi connectivity index (χ3n) is 4.86. The van der Waals surface area contributed by atoms with E-state index in [0.717, 1.165) is 11.6 Å². The minimum absolute atomic E-state index is 0.194. The fourth-order valence-corrected chi connectivity index (χ4v) is 3.71. The zero-order chi connectivity index (χ0) is 21.3. The van der Waals surface area contributed by atoms with Gasteiger partial charge in [0.1, 0.15) is 17.1 Å². The summed E-state index contributed by atoms with van der Waals surface area (Å²) in [5, 5.41) is 0. The van der Waals surface area contributed by atoms with Crippen molar-refractivity contribution in [1.29, 1.82) is 0 Å². The Labute approximate surface area is 162 Å². The van der Waals surface area contributed by atoms with Crippen molar-refractivity contribution in [1.82, 2.24) is 4.98 Å². The summed E-state index contributed by atoms with van der Waals surface area (Å²) in [5.74, 6) is -0.329. The number of aryl methyl sites for hydroxylation is 2. The molecule has 0 spiro atoms. The van der Waals surface area contributed by atoms with E-state index in [2.05, 4.69) is 4.98 Å². The van der Waals surface area contributed by atoms with Gasteiger partial charge in [0.2, 0.25) is 0 Å². The van der Waals surface area contributed by atoms with Gasteiger partial charge >= 0.3 is 6.18 Å². The van der Waals surface area contributed by atoms with Gasteiger partial charge in [-0.25, -0.2) is 4.39 Å². The molecular formula is C21H26F4N2O. The van der Waals surface area contributed by atoms with Gasteiger partial charge in [-0.05, 0) is 49.4 Å². The summed E-state index contributed by atoms with van der Waals surface area (Å²) in [6.07, 6.45) is -5.52. The first kappa shape index (κ1) is 22.1. The van der Waals surface area contributed by atoms with Crippen LogP contribution >= 0.6 is 0 Å². The normalized spacial score (nSPS) is 14.6. The van der Waals surface area contributed by atoms with Gasteiger partial charge in [-0.3, -0.25) is 4.98 Å². The monoisotopic (exact) mass is 398 g/mol. The van der Waals surface area contributed by atoms with Crippen LogP contribution in [0.1, 0.15) is 42.8 Å². The lowest BCUT2D eigenvalue weighted by Gasteiger charge is -2.39. The number of aromatic nitrogens is 1. The number of nitrogens with zero attached hydrogens (tertiary/aromatic N) is 1. The van der Waals surface area contributed by atoms with Crippen LogP contribution in [0.2, 0.25) is 0 Å². The molecule has 0 aliphatic heterocycles. The number of hydrogen-bond donors (Lipinski definition) is 1. The number of pyridine rings is 1. The molecule has 1 aromatic carbocycles. The number of halogens is 4. The van der Waals surface area contributed by atoms with Crippen molar-refractivity contribution in [2.45, 2.75) is 57.7 Å². The van der Waals surface area contributed by atoms with Crippen molar-refractivity contribution in [3.05, 3.63) is 58.7 Å². The summed E-state index contributed by atoms with van der Waals surface area (Å²) in [7, 11) is 1.35. The first-order valence-corrected chi connectivity index (χ1v) is 8.91. The molecule has 1 unspecified atom stereocenters. The Kier molecular flexibility index (Phi) is 6.09. The topological polar surface area (TPSA) is 48.1 Å². The Hall–Kier alpha value is -2.15. The van der Waals surface area contributed by atoms with E-state index < -0.39 is 35.8 Å². The second-order valence-corrected chi connectivity index (χ2v) is 8.01. The number of methoxy groups -OCH3 is 1. The molecule has 7 heteroatoms. The zero-order valence-electron chi connectivity index (χ0n) is 16.7. The van der Waals surface area contributed by atoms with Crippen LogP contribution < -0.4 is 10.5 Å². The number of hydrogen-bond acceptors (Lipinski definition) is 3. The highest BCUT2D eigenvalue weighted by atomic mass is 19.4. The van der Waals surface area contributed by atoms with Crippen LogP contribution in [-0.2, 0) is 11.8 Å². The van der Waals surface area contributed by atoms with Gasteiger partial charge in [-0.15, -0.1) is 0 Å². The summed E-state index contributed by atoms with van der Waals surface area (Å²) < 4.78 is 60.8. The Morgan fingerprint density at radius 3 is 2.25 bits per heavy atom. The second-order valence-electron chi connectivity index (χ2n) is 8.01. The molecule has 0 fully saturated rings. The first-order valence-electron chi connectivity index (χ1n) is 8.91. The fraction of sp³-hybridized carbons (Fsp3) is 0.476. The molecule has 0 aliphatic carbocycles. The summed E-state index contributed by atoms with van der Waals surface area (Å²) in [4.78, 5) is 4.23. The third-order valence-corrected chi connectivity index (χ3v) is 4.86. The fourth-order valence-electron chi connectivity index (χ4n) is 3.71. The molecular weight excluding hydrogens is 372 g/mol. The van der Waals surface area contributed by atoms with Crippen LogP contribution in [-0.4, -0.2) is 23.8 Å². The highest BCUT2D eigenvalue weighted by molar-refractivity contribution is 5.40. The lowest BCUT2D eigenvalue weighted by Crippen LogP contribution is -2.58. The molecule has 1 atom stereocenters. The molecule has 0 aliphatic rings.